The van der Waals surface area contributed by atoms with Crippen molar-refractivity contribution in [1.82, 2.24) is 4.90 Å². The maximum Gasteiger partial charge on any atom is 0.0586 e. The van der Waals surface area contributed by atoms with Crippen LogP contribution in [0, 0.1) is 5.92 Å². The molecule has 2 fully saturated rings. The molecule has 0 radical (unpaired) electrons. The molecule has 1 saturated heterocycles. The minimum atomic E-state index is 0.478. The van der Waals surface area contributed by atoms with Crippen LogP contribution in [-0.4, -0.2) is 43.3 Å². The standard InChI is InChI=1S/C15H30N2O/c1-3-12-7-8-17(14(9-12)11-16)13-5-4-6-15(10-13)18-2/h12-15H,3-11,16H2,1-2H3. The number of ether oxygens (including phenoxy) is 1. The van der Waals surface area contributed by atoms with Crippen molar-refractivity contribution < 1.29 is 4.74 Å². The largest absolute Gasteiger partial charge is 0.381 e. The van der Waals surface area contributed by atoms with Crippen LogP contribution >= 0.6 is 0 Å². The second-order valence-electron chi connectivity index (χ2n) is 6.10. The van der Waals surface area contributed by atoms with Crippen LogP contribution in [0.15, 0.2) is 0 Å². The highest BCUT2D eigenvalue weighted by molar-refractivity contribution is 4.89. The lowest BCUT2D eigenvalue weighted by atomic mass is 9.84. The Balaban J connectivity index is 1.94. The average molecular weight is 254 g/mol. The maximum absolute atomic E-state index is 6.01. The zero-order chi connectivity index (χ0) is 13.0. The molecule has 2 rings (SSSR count). The Hall–Kier alpha value is -0.120. The molecule has 1 aliphatic heterocycles. The van der Waals surface area contributed by atoms with Crippen LogP contribution in [0.25, 0.3) is 0 Å². The van der Waals surface area contributed by atoms with E-state index in [9.17, 15) is 0 Å². The van der Waals surface area contributed by atoms with E-state index in [-0.39, 0.29) is 0 Å². The second-order valence-corrected chi connectivity index (χ2v) is 6.10. The summed E-state index contributed by atoms with van der Waals surface area (Å²) in [5, 5.41) is 0. The lowest BCUT2D eigenvalue weighted by molar-refractivity contribution is -0.00300. The summed E-state index contributed by atoms with van der Waals surface area (Å²) in [6.07, 6.45) is 9.57. The Morgan fingerprint density at radius 2 is 2.06 bits per heavy atom. The van der Waals surface area contributed by atoms with E-state index in [1.807, 2.05) is 7.11 Å². The Morgan fingerprint density at radius 1 is 1.22 bits per heavy atom. The summed E-state index contributed by atoms with van der Waals surface area (Å²) < 4.78 is 5.57. The molecular weight excluding hydrogens is 224 g/mol. The number of piperidine rings is 1. The van der Waals surface area contributed by atoms with Crippen LogP contribution in [0.4, 0.5) is 0 Å². The van der Waals surface area contributed by atoms with Gasteiger partial charge in [-0.1, -0.05) is 13.3 Å². The Labute approximate surface area is 112 Å². The van der Waals surface area contributed by atoms with E-state index in [1.54, 1.807) is 0 Å². The zero-order valence-corrected chi connectivity index (χ0v) is 12.1. The molecule has 4 atom stereocenters. The van der Waals surface area contributed by atoms with Crippen molar-refractivity contribution in [2.75, 3.05) is 20.2 Å². The molecule has 4 unspecified atom stereocenters. The molecule has 1 aliphatic carbocycles. The van der Waals surface area contributed by atoms with Gasteiger partial charge in [0.05, 0.1) is 6.10 Å². The lowest BCUT2D eigenvalue weighted by Crippen LogP contribution is -2.53. The number of methoxy groups -OCH3 is 1. The van der Waals surface area contributed by atoms with Gasteiger partial charge in [-0.05, 0) is 51.0 Å². The highest BCUT2D eigenvalue weighted by atomic mass is 16.5. The van der Waals surface area contributed by atoms with Crippen molar-refractivity contribution in [3.05, 3.63) is 0 Å². The SMILES string of the molecule is CCC1CCN(C2CCCC(OC)C2)C(CN)C1. The summed E-state index contributed by atoms with van der Waals surface area (Å²) in [6.45, 7) is 4.39. The summed E-state index contributed by atoms with van der Waals surface area (Å²) in [5.41, 5.74) is 6.01. The van der Waals surface area contributed by atoms with Crippen molar-refractivity contribution in [1.29, 1.82) is 0 Å². The van der Waals surface area contributed by atoms with E-state index in [0.717, 1.165) is 18.5 Å². The number of nitrogens with two attached hydrogens (primary N) is 1. The first-order valence-corrected chi connectivity index (χ1v) is 7.77. The Kier molecular flexibility index (Phi) is 5.46. The van der Waals surface area contributed by atoms with Gasteiger partial charge >= 0.3 is 0 Å². The predicted octanol–water partition coefficient (Wildman–Crippen LogP) is 2.39. The third-order valence-corrected chi connectivity index (χ3v) is 5.12. The van der Waals surface area contributed by atoms with Crippen molar-refractivity contribution in [2.24, 2.45) is 11.7 Å². The molecule has 0 aromatic carbocycles. The number of rotatable bonds is 4. The molecule has 2 aliphatic rings. The van der Waals surface area contributed by atoms with Gasteiger partial charge in [0.25, 0.3) is 0 Å². The molecule has 0 spiro atoms. The molecule has 1 saturated carbocycles. The van der Waals surface area contributed by atoms with Gasteiger partial charge in [-0.2, -0.15) is 0 Å². The van der Waals surface area contributed by atoms with Crippen molar-refractivity contribution in [2.45, 2.75) is 70.1 Å². The summed E-state index contributed by atoms with van der Waals surface area (Å²) in [6, 6.07) is 1.33. The first-order valence-electron chi connectivity index (χ1n) is 7.77. The highest BCUT2D eigenvalue weighted by Gasteiger charge is 2.34. The van der Waals surface area contributed by atoms with Crippen molar-refractivity contribution >= 4 is 0 Å². The molecule has 3 nitrogen and oxygen atoms in total. The van der Waals surface area contributed by atoms with E-state index in [1.165, 1.54) is 51.5 Å². The maximum atomic E-state index is 6.01. The van der Waals surface area contributed by atoms with Gasteiger partial charge in [0.15, 0.2) is 0 Å². The smallest absolute Gasteiger partial charge is 0.0586 e. The number of hydrogen-bond donors (Lipinski definition) is 1. The number of likely N-dealkylation sites (tertiary alicyclic amines) is 1. The van der Waals surface area contributed by atoms with E-state index < -0.39 is 0 Å². The molecular formula is C15H30N2O. The predicted molar refractivity (Wildman–Crippen MR) is 75.6 cm³/mol. The summed E-state index contributed by atoms with van der Waals surface area (Å²) in [4.78, 5) is 2.71. The van der Waals surface area contributed by atoms with Crippen LogP contribution in [0.5, 0.6) is 0 Å². The molecule has 3 heteroatoms. The van der Waals surface area contributed by atoms with E-state index in [0.29, 0.717) is 12.1 Å². The Bertz CT molecular complexity index is 247. The van der Waals surface area contributed by atoms with E-state index >= 15 is 0 Å². The fourth-order valence-corrected chi connectivity index (χ4v) is 3.87. The van der Waals surface area contributed by atoms with E-state index in [4.69, 9.17) is 10.5 Å². The highest BCUT2D eigenvalue weighted by Crippen LogP contribution is 2.32. The second kappa shape index (κ2) is 6.88. The van der Waals surface area contributed by atoms with Gasteiger partial charge in [-0.15, -0.1) is 0 Å². The minimum Gasteiger partial charge on any atom is -0.381 e. The molecule has 0 aromatic heterocycles. The lowest BCUT2D eigenvalue weighted by Gasteiger charge is -2.45. The summed E-state index contributed by atoms with van der Waals surface area (Å²) >= 11 is 0. The summed E-state index contributed by atoms with van der Waals surface area (Å²) in [7, 11) is 1.86. The van der Waals surface area contributed by atoms with Crippen LogP contribution in [0.2, 0.25) is 0 Å². The van der Waals surface area contributed by atoms with Gasteiger partial charge in [0, 0.05) is 25.7 Å². The Morgan fingerprint density at radius 3 is 2.72 bits per heavy atom. The summed E-state index contributed by atoms with van der Waals surface area (Å²) in [5.74, 6) is 0.900. The number of nitrogens with zero attached hydrogens (tertiary/aromatic N) is 1. The van der Waals surface area contributed by atoms with Crippen LogP contribution in [0.1, 0.15) is 51.9 Å². The fourth-order valence-electron chi connectivity index (χ4n) is 3.87. The zero-order valence-electron chi connectivity index (χ0n) is 12.1. The topological polar surface area (TPSA) is 38.5 Å². The van der Waals surface area contributed by atoms with E-state index in [2.05, 4.69) is 11.8 Å². The van der Waals surface area contributed by atoms with Crippen LogP contribution in [0.3, 0.4) is 0 Å². The van der Waals surface area contributed by atoms with Crippen LogP contribution in [-0.2, 0) is 4.74 Å². The van der Waals surface area contributed by atoms with Crippen molar-refractivity contribution in [3.8, 4) is 0 Å². The number of hydrogen-bond acceptors (Lipinski definition) is 3. The fraction of sp³-hybridized carbons (Fsp3) is 1.00. The van der Waals surface area contributed by atoms with Gasteiger partial charge in [-0.3, -0.25) is 4.90 Å². The first-order chi connectivity index (χ1) is 8.78. The van der Waals surface area contributed by atoms with Gasteiger partial charge < -0.3 is 10.5 Å². The third-order valence-electron chi connectivity index (χ3n) is 5.12. The van der Waals surface area contributed by atoms with Crippen LogP contribution < -0.4 is 5.73 Å². The molecule has 106 valence electrons. The molecule has 1 heterocycles. The van der Waals surface area contributed by atoms with Gasteiger partial charge in [0.1, 0.15) is 0 Å². The normalized spacial score (nSPS) is 38.8. The molecule has 0 bridgehead atoms. The monoisotopic (exact) mass is 254 g/mol. The molecule has 2 N–H and O–H groups in total. The quantitative estimate of drug-likeness (QED) is 0.837. The molecule has 0 amide bonds. The third kappa shape index (κ3) is 3.25. The molecule has 0 aromatic rings. The van der Waals surface area contributed by atoms with Gasteiger partial charge in [-0.25, -0.2) is 0 Å². The minimum absolute atomic E-state index is 0.478. The molecule has 18 heavy (non-hydrogen) atoms. The average Bonchev–Trinajstić information content (AvgIpc) is 2.46. The van der Waals surface area contributed by atoms with Crippen molar-refractivity contribution in [3.63, 3.8) is 0 Å². The first kappa shape index (κ1) is 14.3. The van der Waals surface area contributed by atoms with Gasteiger partial charge in [0.2, 0.25) is 0 Å².